The van der Waals surface area contributed by atoms with Gasteiger partial charge in [-0.25, -0.2) is 8.78 Å². The molecule has 0 aromatic heterocycles. The van der Waals surface area contributed by atoms with Crippen molar-refractivity contribution in [2.75, 3.05) is 0 Å². The number of aryl methyl sites for hydroxylation is 1. The van der Waals surface area contributed by atoms with Crippen LogP contribution in [0.4, 0.5) is 8.78 Å². The molecular weight excluding hydrogens is 196 g/mol. The van der Waals surface area contributed by atoms with Crippen LogP contribution in [0.5, 0.6) is 0 Å². The minimum Gasteiger partial charge on any atom is -0.325 e. The molecule has 15 heavy (non-hydrogen) atoms. The molecule has 0 amide bonds. The summed E-state index contributed by atoms with van der Waals surface area (Å²) in [5.41, 5.74) is 6.85. The van der Waals surface area contributed by atoms with Gasteiger partial charge in [-0.1, -0.05) is 0 Å². The lowest BCUT2D eigenvalue weighted by Gasteiger charge is -2.14. The van der Waals surface area contributed by atoms with Gasteiger partial charge < -0.3 is 5.73 Å². The maximum absolute atomic E-state index is 13.8. The Morgan fingerprint density at radius 3 is 2.47 bits per heavy atom. The van der Waals surface area contributed by atoms with Crippen molar-refractivity contribution < 1.29 is 8.78 Å². The first-order chi connectivity index (χ1) is 6.93. The Bertz CT molecular complexity index is 382. The van der Waals surface area contributed by atoms with Crippen molar-refractivity contribution in [2.45, 2.75) is 38.6 Å². The molecule has 0 radical (unpaired) electrons. The summed E-state index contributed by atoms with van der Waals surface area (Å²) in [6.45, 7) is 3.19. The van der Waals surface area contributed by atoms with Gasteiger partial charge in [0.05, 0.1) is 0 Å². The molecule has 0 spiro atoms. The zero-order valence-electron chi connectivity index (χ0n) is 9.03. The molecule has 3 heteroatoms. The molecule has 1 aliphatic rings. The summed E-state index contributed by atoms with van der Waals surface area (Å²) >= 11 is 0. The summed E-state index contributed by atoms with van der Waals surface area (Å²) < 4.78 is 27.2. The summed E-state index contributed by atoms with van der Waals surface area (Å²) in [6, 6.07) is 1.24. The van der Waals surface area contributed by atoms with E-state index in [0.717, 1.165) is 12.8 Å². The molecule has 2 rings (SSSR count). The molecule has 1 nitrogen and oxygen atoms in total. The lowest BCUT2D eigenvalue weighted by molar-refractivity contribution is 0.551. The van der Waals surface area contributed by atoms with E-state index in [0.29, 0.717) is 23.1 Å². The van der Waals surface area contributed by atoms with E-state index in [1.807, 2.05) is 0 Å². The highest BCUT2D eigenvalue weighted by molar-refractivity contribution is 5.36. The zero-order chi connectivity index (χ0) is 11.2. The van der Waals surface area contributed by atoms with Gasteiger partial charge in [-0.15, -0.1) is 0 Å². The Kier molecular flexibility index (Phi) is 2.30. The predicted molar refractivity (Wildman–Crippen MR) is 55.7 cm³/mol. The second kappa shape index (κ2) is 3.27. The van der Waals surface area contributed by atoms with Crippen LogP contribution in [0.1, 0.15) is 29.5 Å². The minimum atomic E-state index is -0.340. The zero-order valence-corrected chi connectivity index (χ0v) is 9.03. The first-order valence-corrected chi connectivity index (χ1v) is 5.16. The maximum Gasteiger partial charge on any atom is 0.129 e. The summed E-state index contributed by atoms with van der Waals surface area (Å²) in [5, 5.41) is 0. The van der Waals surface area contributed by atoms with Crippen molar-refractivity contribution >= 4 is 0 Å². The molecule has 1 saturated carbocycles. The monoisotopic (exact) mass is 211 g/mol. The highest BCUT2D eigenvalue weighted by Gasteiger charge is 2.39. The largest absolute Gasteiger partial charge is 0.325 e. The van der Waals surface area contributed by atoms with Gasteiger partial charge >= 0.3 is 0 Å². The van der Waals surface area contributed by atoms with Gasteiger partial charge in [-0.05, 0) is 55.9 Å². The van der Waals surface area contributed by atoms with Crippen LogP contribution >= 0.6 is 0 Å². The molecule has 1 fully saturated rings. The molecule has 0 unspecified atom stereocenters. The fourth-order valence-corrected chi connectivity index (χ4v) is 1.81. The fourth-order valence-electron chi connectivity index (χ4n) is 1.81. The summed E-state index contributed by atoms with van der Waals surface area (Å²) in [6.07, 6.45) is 2.26. The van der Waals surface area contributed by atoms with E-state index in [1.165, 1.54) is 6.07 Å². The average Bonchev–Trinajstić information content (AvgIpc) is 2.89. The number of benzene rings is 1. The van der Waals surface area contributed by atoms with Crippen LogP contribution in [-0.2, 0) is 6.42 Å². The number of hydrogen-bond acceptors (Lipinski definition) is 1. The number of nitrogens with two attached hydrogens (primary N) is 1. The van der Waals surface area contributed by atoms with E-state index in [1.54, 1.807) is 13.8 Å². The van der Waals surface area contributed by atoms with Crippen LogP contribution < -0.4 is 5.73 Å². The van der Waals surface area contributed by atoms with Crippen molar-refractivity contribution in [3.05, 3.63) is 34.4 Å². The Hall–Kier alpha value is -0.960. The average molecular weight is 211 g/mol. The first-order valence-electron chi connectivity index (χ1n) is 5.16. The second-order valence-electron chi connectivity index (χ2n) is 4.63. The smallest absolute Gasteiger partial charge is 0.129 e. The number of halogens is 2. The van der Waals surface area contributed by atoms with Crippen LogP contribution in [0.3, 0.4) is 0 Å². The highest BCUT2D eigenvalue weighted by Crippen LogP contribution is 2.37. The molecule has 1 aromatic carbocycles. The highest BCUT2D eigenvalue weighted by atomic mass is 19.1. The maximum atomic E-state index is 13.8. The Morgan fingerprint density at radius 2 is 1.93 bits per heavy atom. The molecule has 2 N–H and O–H groups in total. The van der Waals surface area contributed by atoms with Gasteiger partial charge in [0.2, 0.25) is 0 Å². The molecular formula is C12H15F2N. The topological polar surface area (TPSA) is 26.0 Å². The van der Waals surface area contributed by atoms with Crippen molar-refractivity contribution in [1.29, 1.82) is 0 Å². The lowest BCUT2D eigenvalue weighted by atomic mass is 9.97. The Balaban J connectivity index is 2.44. The summed E-state index contributed by atoms with van der Waals surface area (Å²) in [5.74, 6) is -0.640. The van der Waals surface area contributed by atoms with E-state index >= 15 is 0 Å². The van der Waals surface area contributed by atoms with Gasteiger partial charge in [-0.3, -0.25) is 0 Å². The van der Waals surface area contributed by atoms with Crippen LogP contribution in [0.25, 0.3) is 0 Å². The molecule has 0 bridgehead atoms. The third kappa shape index (κ3) is 1.88. The quantitative estimate of drug-likeness (QED) is 0.799. The van der Waals surface area contributed by atoms with Crippen molar-refractivity contribution in [3.8, 4) is 0 Å². The van der Waals surface area contributed by atoms with Gasteiger partial charge in [0, 0.05) is 5.54 Å². The van der Waals surface area contributed by atoms with Crippen LogP contribution in [0, 0.1) is 25.5 Å². The van der Waals surface area contributed by atoms with Crippen LogP contribution in [-0.4, -0.2) is 5.54 Å². The number of hydrogen-bond donors (Lipinski definition) is 1. The molecule has 82 valence electrons. The van der Waals surface area contributed by atoms with E-state index < -0.39 is 0 Å². The van der Waals surface area contributed by atoms with Crippen LogP contribution in [0.2, 0.25) is 0 Å². The van der Waals surface area contributed by atoms with E-state index in [-0.39, 0.29) is 17.2 Å². The predicted octanol–water partition coefficient (Wildman–Crippen LogP) is 2.62. The normalized spacial score (nSPS) is 17.9. The third-order valence-electron chi connectivity index (χ3n) is 3.19. The number of rotatable bonds is 2. The SMILES string of the molecule is Cc1cc(F)c(C)c(CC2(N)CC2)c1F. The van der Waals surface area contributed by atoms with E-state index in [4.69, 9.17) is 5.73 Å². The molecule has 0 saturated heterocycles. The summed E-state index contributed by atoms with van der Waals surface area (Å²) in [7, 11) is 0. The molecule has 0 atom stereocenters. The first kappa shape index (κ1) is 10.6. The van der Waals surface area contributed by atoms with Gasteiger partial charge in [-0.2, -0.15) is 0 Å². The molecule has 1 aromatic rings. The van der Waals surface area contributed by atoms with Crippen molar-refractivity contribution in [1.82, 2.24) is 0 Å². The van der Waals surface area contributed by atoms with Gasteiger partial charge in [0.15, 0.2) is 0 Å². The minimum absolute atomic E-state index is 0.286. The van der Waals surface area contributed by atoms with Gasteiger partial charge in [0.1, 0.15) is 11.6 Å². The fraction of sp³-hybridized carbons (Fsp3) is 0.500. The van der Waals surface area contributed by atoms with E-state index in [2.05, 4.69) is 0 Å². The lowest BCUT2D eigenvalue weighted by Crippen LogP contribution is -2.26. The van der Waals surface area contributed by atoms with E-state index in [9.17, 15) is 8.78 Å². The Labute approximate surface area is 88.3 Å². The van der Waals surface area contributed by atoms with Crippen molar-refractivity contribution in [3.63, 3.8) is 0 Å². The molecule has 1 aliphatic carbocycles. The standard InChI is InChI=1S/C12H15F2N/c1-7-5-10(13)8(2)9(11(7)14)6-12(15)3-4-12/h5H,3-4,6,15H2,1-2H3. The van der Waals surface area contributed by atoms with Gasteiger partial charge in [0.25, 0.3) is 0 Å². The summed E-state index contributed by atoms with van der Waals surface area (Å²) in [4.78, 5) is 0. The Morgan fingerprint density at radius 1 is 1.33 bits per heavy atom. The van der Waals surface area contributed by atoms with Crippen molar-refractivity contribution in [2.24, 2.45) is 5.73 Å². The van der Waals surface area contributed by atoms with Crippen LogP contribution in [0.15, 0.2) is 6.07 Å². The second-order valence-corrected chi connectivity index (χ2v) is 4.63. The molecule has 0 heterocycles. The molecule has 0 aliphatic heterocycles. The third-order valence-corrected chi connectivity index (χ3v) is 3.19.